The number of H-pyrrole nitrogens is 1. The van der Waals surface area contributed by atoms with Crippen LogP contribution in [0, 0.1) is 5.92 Å². The highest BCUT2D eigenvalue weighted by molar-refractivity contribution is 5.81. The molecule has 3 aromatic rings. The molecule has 23 heavy (non-hydrogen) atoms. The minimum Gasteiger partial charge on any atom is -0.299 e. The number of likely N-dealkylation sites (tertiary alicyclic amines) is 1. The van der Waals surface area contributed by atoms with Gasteiger partial charge < -0.3 is 0 Å². The molecule has 0 bridgehead atoms. The molecule has 1 aliphatic rings. The molecule has 0 unspecified atom stereocenters. The van der Waals surface area contributed by atoms with Gasteiger partial charge in [0.05, 0.1) is 5.52 Å². The molecule has 1 fully saturated rings. The van der Waals surface area contributed by atoms with Crippen LogP contribution < -0.4 is 0 Å². The minimum absolute atomic E-state index is 0.715. The summed E-state index contributed by atoms with van der Waals surface area (Å²) in [6.07, 6.45) is 7.42. The van der Waals surface area contributed by atoms with Gasteiger partial charge in [0, 0.05) is 36.6 Å². The lowest BCUT2D eigenvalue weighted by atomic mass is 9.93. The van der Waals surface area contributed by atoms with Crippen molar-refractivity contribution in [3.8, 4) is 0 Å². The molecule has 1 aliphatic heterocycles. The first-order valence-electron chi connectivity index (χ1n) is 8.42. The number of nitrogens with one attached hydrogen (secondary N) is 1. The van der Waals surface area contributed by atoms with Crippen LogP contribution in [0.4, 0.5) is 0 Å². The fraction of sp³-hybridized carbons (Fsp3) is 0.368. The summed E-state index contributed by atoms with van der Waals surface area (Å²) in [4.78, 5) is 7.16. The molecule has 4 heteroatoms. The SMILES string of the molecule is c1cnc2c(CN3CCC[C@@H](Cc4ccn[nH]4)C3)cccc2c1. The van der Waals surface area contributed by atoms with E-state index >= 15 is 0 Å². The normalized spacial score (nSPS) is 19.2. The van der Waals surface area contributed by atoms with Crippen molar-refractivity contribution in [3.05, 3.63) is 60.0 Å². The lowest BCUT2D eigenvalue weighted by Crippen LogP contribution is -2.35. The molecule has 0 spiro atoms. The van der Waals surface area contributed by atoms with Gasteiger partial charge in [-0.25, -0.2) is 0 Å². The summed E-state index contributed by atoms with van der Waals surface area (Å²) in [6.45, 7) is 3.33. The number of aromatic amines is 1. The maximum Gasteiger partial charge on any atom is 0.0746 e. The third-order valence-corrected chi connectivity index (χ3v) is 4.78. The van der Waals surface area contributed by atoms with Crippen molar-refractivity contribution >= 4 is 10.9 Å². The van der Waals surface area contributed by atoms with Crippen LogP contribution in [0.1, 0.15) is 24.1 Å². The van der Waals surface area contributed by atoms with E-state index in [1.54, 1.807) is 0 Å². The average Bonchev–Trinajstić information content (AvgIpc) is 3.09. The minimum atomic E-state index is 0.715. The third kappa shape index (κ3) is 3.27. The number of aromatic nitrogens is 3. The summed E-state index contributed by atoms with van der Waals surface area (Å²) in [5, 5.41) is 8.39. The van der Waals surface area contributed by atoms with E-state index in [-0.39, 0.29) is 0 Å². The molecule has 3 heterocycles. The molecule has 1 aromatic carbocycles. The summed E-state index contributed by atoms with van der Waals surface area (Å²) in [5.74, 6) is 0.715. The van der Waals surface area contributed by atoms with Crippen LogP contribution in [0.3, 0.4) is 0 Å². The Balaban J connectivity index is 1.47. The van der Waals surface area contributed by atoms with Gasteiger partial charge in [-0.15, -0.1) is 0 Å². The van der Waals surface area contributed by atoms with E-state index in [4.69, 9.17) is 0 Å². The first-order chi connectivity index (χ1) is 11.4. The van der Waals surface area contributed by atoms with Gasteiger partial charge in [-0.1, -0.05) is 24.3 Å². The van der Waals surface area contributed by atoms with E-state index in [0.29, 0.717) is 5.92 Å². The third-order valence-electron chi connectivity index (χ3n) is 4.78. The Morgan fingerprint density at radius 2 is 2.09 bits per heavy atom. The van der Waals surface area contributed by atoms with E-state index in [1.165, 1.54) is 36.0 Å². The first-order valence-corrected chi connectivity index (χ1v) is 8.42. The predicted octanol–water partition coefficient (Wildman–Crippen LogP) is 3.41. The molecule has 118 valence electrons. The smallest absolute Gasteiger partial charge is 0.0746 e. The van der Waals surface area contributed by atoms with Gasteiger partial charge in [-0.2, -0.15) is 5.10 Å². The van der Waals surface area contributed by atoms with Crippen molar-refractivity contribution in [2.75, 3.05) is 13.1 Å². The van der Waals surface area contributed by atoms with Crippen LogP contribution in [-0.4, -0.2) is 33.2 Å². The summed E-state index contributed by atoms with van der Waals surface area (Å²) in [5.41, 5.74) is 3.74. The van der Waals surface area contributed by atoms with E-state index in [2.05, 4.69) is 50.4 Å². The number of hydrogen-bond donors (Lipinski definition) is 1. The summed E-state index contributed by atoms with van der Waals surface area (Å²) >= 11 is 0. The second kappa shape index (κ2) is 6.50. The van der Waals surface area contributed by atoms with Crippen LogP contribution >= 0.6 is 0 Å². The molecule has 1 N–H and O–H groups in total. The Bertz CT molecular complexity index is 761. The lowest BCUT2D eigenvalue weighted by molar-refractivity contribution is 0.167. The van der Waals surface area contributed by atoms with Crippen molar-refractivity contribution in [3.63, 3.8) is 0 Å². The van der Waals surface area contributed by atoms with E-state index in [0.717, 1.165) is 25.0 Å². The lowest BCUT2D eigenvalue weighted by Gasteiger charge is -2.32. The number of rotatable bonds is 4. The Morgan fingerprint density at radius 3 is 3.00 bits per heavy atom. The fourth-order valence-corrected chi connectivity index (χ4v) is 3.71. The van der Waals surface area contributed by atoms with E-state index in [1.807, 2.05) is 18.5 Å². The summed E-state index contributed by atoms with van der Waals surface area (Å²) < 4.78 is 0. The van der Waals surface area contributed by atoms with Gasteiger partial charge in [0.25, 0.3) is 0 Å². The highest BCUT2D eigenvalue weighted by atomic mass is 15.1. The second-order valence-corrected chi connectivity index (χ2v) is 6.52. The Kier molecular flexibility index (Phi) is 4.07. The molecule has 0 amide bonds. The Hall–Kier alpha value is -2.20. The molecule has 0 saturated carbocycles. The molecular formula is C19H22N4. The van der Waals surface area contributed by atoms with Gasteiger partial charge in [0.1, 0.15) is 0 Å². The molecule has 0 radical (unpaired) electrons. The highest BCUT2D eigenvalue weighted by Gasteiger charge is 2.21. The number of nitrogens with zero attached hydrogens (tertiary/aromatic N) is 3. The van der Waals surface area contributed by atoms with Gasteiger partial charge in [-0.05, 0) is 49.4 Å². The van der Waals surface area contributed by atoms with Gasteiger partial charge in [-0.3, -0.25) is 15.0 Å². The maximum absolute atomic E-state index is 4.59. The van der Waals surface area contributed by atoms with Gasteiger partial charge in [0.15, 0.2) is 0 Å². The molecule has 1 atom stereocenters. The van der Waals surface area contributed by atoms with E-state index < -0.39 is 0 Å². The second-order valence-electron chi connectivity index (χ2n) is 6.52. The van der Waals surface area contributed by atoms with Gasteiger partial charge >= 0.3 is 0 Å². The topological polar surface area (TPSA) is 44.8 Å². The number of para-hydroxylation sites is 1. The molecule has 0 aliphatic carbocycles. The van der Waals surface area contributed by atoms with Crippen molar-refractivity contribution in [2.45, 2.75) is 25.8 Å². The van der Waals surface area contributed by atoms with Crippen LogP contribution in [-0.2, 0) is 13.0 Å². The monoisotopic (exact) mass is 306 g/mol. The maximum atomic E-state index is 4.59. The number of piperidine rings is 1. The number of pyridine rings is 1. The number of fused-ring (bicyclic) bond motifs is 1. The van der Waals surface area contributed by atoms with Crippen LogP contribution in [0.5, 0.6) is 0 Å². The Labute approximate surface area is 136 Å². The molecule has 2 aromatic heterocycles. The van der Waals surface area contributed by atoms with Gasteiger partial charge in [0.2, 0.25) is 0 Å². The molecular weight excluding hydrogens is 284 g/mol. The first kappa shape index (κ1) is 14.4. The zero-order valence-corrected chi connectivity index (χ0v) is 13.3. The Morgan fingerprint density at radius 1 is 1.13 bits per heavy atom. The van der Waals surface area contributed by atoms with Crippen molar-refractivity contribution in [1.29, 1.82) is 0 Å². The quantitative estimate of drug-likeness (QED) is 0.803. The van der Waals surface area contributed by atoms with Crippen LogP contribution in [0.25, 0.3) is 10.9 Å². The van der Waals surface area contributed by atoms with Crippen LogP contribution in [0.2, 0.25) is 0 Å². The number of benzene rings is 1. The molecule has 1 saturated heterocycles. The zero-order valence-electron chi connectivity index (χ0n) is 13.3. The fourth-order valence-electron chi connectivity index (χ4n) is 3.71. The molecule has 4 rings (SSSR count). The summed E-state index contributed by atoms with van der Waals surface area (Å²) in [6, 6.07) is 12.7. The van der Waals surface area contributed by atoms with Crippen molar-refractivity contribution in [1.82, 2.24) is 20.1 Å². The summed E-state index contributed by atoms with van der Waals surface area (Å²) in [7, 11) is 0. The van der Waals surface area contributed by atoms with Crippen LogP contribution in [0.15, 0.2) is 48.8 Å². The zero-order chi connectivity index (χ0) is 15.5. The molecule has 4 nitrogen and oxygen atoms in total. The predicted molar refractivity (Wildman–Crippen MR) is 92.0 cm³/mol. The standard InChI is InChI=1S/C19H22N4/c1-5-16-7-2-9-20-19(16)17(6-1)14-23-11-3-4-15(13-23)12-18-8-10-21-22-18/h1-2,5-10,15H,3-4,11-14H2,(H,21,22)/t15-/m0/s1. The van der Waals surface area contributed by atoms with E-state index in [9.17, 15) is 0 Å². The van der Waals surface area contributed by atoms with Crippen molar-refractivity contribution < 1.29 is 0 Å². The highest BCUT2D eigenvalue weighted by Crippen LogP contribution is 2.23. The van der Waals surface area contributed by atoms with Crippen molar-refractivity contribution in [2.24, 2.45) is 5.92 Å². The largest absolute Gasteiger partial charge is 0.299 e. The average molecular weight is 306 g/mol. The number of hydrogen-bond acceptors (Lipinski definition) is 3.